The Morgan fingerprint density at radius 3 is 1.40 bits per heavy atom. The molecule has 1 N–H and O–H groups in total. The van der Waals surface area contributed by atoms with E-state index in [0.717, 1.165) is 0 Å². The SMILES string of the molecule is C[Si](C)(C)C=C[Si](C)(C)O. The lowest BCUT2D eigenvalue weighted by Gasteiger charge is -2.12. The Hall–Kier alpha value is 0.134. The van der Waals surface area contributed by atoms with Crippen molar-refractivity contribution in [2.45, 2.75) is 32.7 Å². The average molecular weight is 174 g/mol. The van der Waals surface area contributed by atoms with Crippen LogP contribution in [0.15, 0.2) is 11.4 Å². The minimum atomic E-state index is -1.91. The average Bonchev–Trinajstić information content (AvgIpc) is 1.57. The number of rotatable bonds is 2. The van der Waals surface area contributed by atoms with Crippen LogP contribution < -0.4 is 0 Å². The molecule has 0 aliphatic carbocycles. The lowest BCUT2D eigenvalue weighted by Crippen LogP contribution is -2.25. The second kappa shape index (κ2) is 3.02. The summed E-state index contributed by atoms with van der Waals surface area (Å²) in [4.78, 5) is 9.46. The Morgan fingerprint density at radius 1 is 0.900 bits per heavy atom. The zero-order chi connectivity index (χ0) is 8.41. The molecule has 0 unspecified atom stereocenters. The van der Waals surface area contributed by atoms with Crippen LogP contribution in [0.2, 0.25) is 32.7 Å². The van der Waals surface area contributed by atoms with Crippen LogP contribution in [0.25, 0.3) is 0 Å². The molecule has 0 spiro atoms. The van der Waals surface area contributed by atoms with E-state index in [1.807, 2.05) is 18.8 Å². The molecule has 0 atom stereocenters. The Morgan fingerprint density at radius 2 is 1.30 bits per heavy atom. The van der Waals surface area contributed by atoms with E-state index in [9.17, 15) is 4.80 Å². The first kappa shape index (κ1) is 10.1. The summed E-state index contributed by atoms with van der Waals surface area (Å²) in [5, 5.41) is 0. The maximum absolute atomic E-state index is 9.46. The van der Waals surface area contributed by atoms with Crippen molar-refractivity contribution < 1.29 is 4.80 Å². The minimum absolute atomic E-state index is 1.07. The van der Waals surface area contributed by atoms with Crippen molar-refractivity contribution >= 4 is 16.4 Å². The van der Waals surface area contributed by atoms with Gasteiger partial charge in [0.05, 0.1) is 8.07 Å². The highest BCUT2D eigenvalue weighted by Gasteiger charge is 2.14. The molecule has 0 fully saturated rings. The Kier molecular flexibility index (Phi) is 3.07. The van der Waals surface area contributed by atoms with Crippen LogP contribution >= 0.6 is 0 Å². The molecule has 1 nitrogen and oxygen atoms in total. The van der Waals surface area contributed by atoms with Gasteiger partial charge in [-0.05, 0) is 13.1 Å². The predicted molar refractivity (Wildman–Crippen MR) is 52.2 cm³/mol. The molecule has 0 heterocycles. The maximum atomic E-state index is 9.46. The predicted octanol–water partition coefficient (Wildman–Crippen LogP) is 2.16. The first-order valence-electron chi connectivity index (χ1n) is 3.63. The molecular weight excluding hydrogens is 156 g/mol. The topological polar surface area (TPSA) is 20.2 Å². The van der Waals surface area contributed by atoms with E-state index in [0.29, 0.717) is 0 Å². The van der Waals surface area contributed by atoms with Gasteiger partial charge >= 0.3 is 0 Å². The van der Waals surface area contributed by atoms with E-state index in [1.54, 1.807) is 0 Å². The molecule has 0 aliphatic rings. The van der Waals surface area contributed by atoms with Crippen LogP contribution in [0.5, 0.6) is 0 Å². The number of hydrogen-bond acceptors (Lipinski definition) is 1. The molecule has 10 heavy (non-hydrogen) atoms. The second-order valence-corrected chi connectivity index (χ2v) is 13.1. The molecule has 0 radical (unpaired) electrons. The van der Waals surface area contributed by atoms with E-state index in [4.69, 9.17) is 0 Å². The summed E-state index contributed by atoms with van der Waals surface area (Å²) >= 11 is 0. The molecule has 0 rings (SSSR count). The summed E-state index contributed by atoms with van der Waals surface area (Å²) in [6, 6.07) is 0. The van der Waals surface area contributed by atoms with Gasteiger partial charge < -0.3 is 4.80 Å². The van der Waals surface area contributed by atoms with E-state index < -0.39 is 16.4 Å². The fraction of sp³-hybridized carbons (Fsp3) is 0.714. The van der Waals surface area contributed by atoms with Gasteiger partial charge in [0.2, 0.25) is 8.32 Å². The van der Waals surface area contributed by atoms with Crippen molar-refractivity contribution in [3.05, 3.63) is 11.4 Å². The summed E-state index contributed by atoms with van der Waals surface area (Å²) in [5.41, 5.74) is 4.25. The standard InChI is InChI=1S/C7H18OSi2/c1-9(2,3)6-7-10(4,5)8/h6-8H,1-5H3. The van der Waals surface area contributed by atoms with Crippen LogP contribution in [-0.4, -0.2) is 21.2 Å². The quantitative estimate of drug-likeness (QED) is 0.636. The van der Waals surface area contributed by atoms with E-state index in [-0.39, 0.29) is 0 Å². The fourth-order valence-electron chi connectivity index (χ4n) is 0.454. The van der Waals surface area contributed by atoms with Crippen LogP contribution in [0.1, 0.15) is 0 Å². The monoisotopic (exact) mass is 174 g/mol. The van der Waals surface area contributed by atoms with Gasteiger partial charge in [-0.15, -0.1) is 5.70 Å². The Bertz CT molecular complexity index is 112. The summed E-state index contributed by atoms with van der Waals surface area (Å²) < 4.78 is 0. The van der Waals surface area contributed by atoms with E-state index in [2.05, 4.69) is 25.3 Å². The molecule has 0 aromatic heterocycles. The first-order valence-corrected chi connectivity index (χ1v) is 10.2. The van der Waals surface area contributed by atoms with Gasteiger partial charge in [-0.3, -0.25) is 0 Å². The summed E-state index contributed by atoms with van der Waals surface area (Å²) in [5.74, 6) is 0. The highest BCUT2D eigenvalue weighted by atomic mass is 28.4. The van der Waals surface area contributed by atoms with Crippen molar-refractivity contribution in [1.29, 1.82) is 0 Å². The third kappa shape index (κ3) is 8.13. The highest BCUT2D eigenvalue weighted by molar-refractivity contribution is 6.84. The highest BCUT2D eigenvalue weighted by Crippen LogP contribution is 2.05. The molecule has 0 saturated heterocycles. The van der Waals surface area contributed by atoms with Gasteiger partial charge in [0.1, 0.15) is 0 Å². The first-order chi connectivity index (χ1) is 4.21. The third-order valence-corrected chi connectivity index (χ3v) is 3.47. The van der Waals surface area contributed by atoms with Crippen LogP contribution in [0, 0.1) is 0 Å². The van der Waals surface area contributed by atoms with E-state index in [1.165, 1.54) is 0 Å². The lowest BCUT2D eigenvalue weighted by atomic mass is 11.2. The zero-order valence-corrected chi connectivity index (χ0v) is 9.60. The molecule has 0 saturated carbocycles. The Labute approximate surface area is 65.9 Å². The second-order valence-electron chi connectivity index (χ2n) is 4.35. The smallest absolute Gasteiger partial charge is 0.206 e. The molecule has 0 amide bonds. The summed E-state index contributed by atoms with van der Waals surface area (Å²) in [7, 11) is -2.99. The third-order valence-electron chi connectivity index (χ3n) is 0.991. The van der Waals surface area contributed by atoms with E-state index >= 15 is 0 Å². The normalized spacial score (nSPS) is 14.6. The molecule has 0 aliphatic heterocycles. The van der Waals surface area contributed by atoms with Gasteiger partial charge in [0.15, 0.2) is 0 Å². The van der Waals surface area contributed by atoms with Crippen LogP contribution in [0.3, 0.4) is 0 Å². The molecule has 0 aromatic carbocycles. The van der Waals surface area contributed by atoms with Gasteiger partial charge in [0.25, 0.3) is 0 Å². The van der Waals surface area contributed by atoms with Crippen molar-refractivity contribution in [1.82, 2.24) is 0 Å². The largest absolute Gasteiger partial charge is 0.428 e. The van der Waals surface area contributed by atoms with Crippen LogP contribution in [0.4, 0.5) is 0 Å². The molecule has 0 bridgehead atoms. The summed E-state index contributed by atoms with van der Waals surface area (Å²) in [6.07, 6.45) is 0. The van der Waals surface area contributed by atoms with Crippen molar-refractivity contribution in [2.75, 3.05) is 0 Å². The fourth-order valence-corrected chi connectivity index (χ4v) is 4.09. The van der Waals surface area contributed by atoms with Crippen molar-refractivity contribution in [3.63, 3.8) is 0 Å². The minimum Gasteiger partial charge on any atom is -0.428 e. The van der Waals surface area contributed by atoms with Gasteiger partial charge in [-0.25, -0.2) is 0 Å². The lowest BCUT2D eigenvalue weighted by molar-refractivity contribution is 0.567. The molecule has 3 heteroatoms. The Balaban J connectivity index is 4.01. The van der Waals surface area contributed by atoms with Crippen molar-refractivity contribution in [3.8, 4) is 0 Å². The zero-order valence-electron chi connectivity index (χ0n) is 7.60. The molecule has 0 aromatic rings. The van der Waals surface area contributed by atoms with Gasteiger partial charge in [-0.1, -0.05) is 25.3 Å². The van der Waals surface area contributed by atoms with Gasteiger partial charge in [0, 0.05) is 0 Å². The van der Waals surface area contributed by atoms with Crippen LogP contribution in [-0.2, 0) is 0 Å². The van der Waals surface area contributed by atoms with Crippen molar-refractivity contribution in [2.24, 2.45) is 0 Å². The summed E-state index contributed by atoms with van der Waals surface area (Å²) in [6.45, 7) is 10.7. The number of hydrogen-bond donors (Lipinski definition) is 1. The van der Waals surface area contributed by atoms with Gasteiger partial charge in [-0.2, -0.15) is 0 Å². The molecular formula is C7H18OSi2. The maximum Gasteiger partial charge on any atom is 0.206 e. The molecule has 60 valence electrons.